The summed E-state index contributed by atoms with van der Waals surface area (Å²) in [4.78, 5) is 28.6. The Morgan fingerprint density at radius 1 is 1.00 bits per heavy atom. The molecule has 0 heterocycles. The number of amides is 2. The minimum absolute atomic E-state index is 0.109. The second-order valence-corrected chi connectivity index (χ2v) is 9.03. The van der Waals surface area contributed by atoms with E-state index in [1.165, 1.54) is 17.0 Å². The molecule has 3 aromatic carbocycles. The van der Waals surface area contributed by atoms with Crippen molar-refractivity contribution in [2.75, 3.05) is 7.11 Å². The minimum Gasteiger partial charge on any atom is -0.497 e. The van der Waals surface area contributed by atoms with E-state index in [4.69, 9.17) is 16.3 Å². The standard InChI is InChI=1S/C28H30ClFN2O3/c1-19(2)31-28(34)26(16-20-9-5-4-6-10-20)32(18-21-11-7-12-22(15-21)35-3)27(33)17-23-24(29)13-8-14-25(23)30/h4-15,19,26H,16-18H2,1-3H3,(H,31,34)/t26-/m1/s1. The van der Waals surface area contributed by atoms with Gasteiger partial charge in [0.1, 0.15) is 17.6 Å². The van der Waals surface area contributed by atoms with Gasteiger partial charge in [-0.15, -0.1) is 0 Å². The van der Waals surface area contributed by atoms with Crippen molar-refractivity contribution >= 4 is 23.4 Å². The highest BCUT2D eigenvalue weighted by atomic mass is 35.5. The second kappa shape index (κ2) is 12.4. The Morgan fingerprint density at radius 2 is 1.69 bits per heavy atom. The van der Waals surface area contributed by atoms with Crippen LogP contribution in [0, 0.1) is 5.82 Å². The molecule has 0 fully saturated rings. The van der Waals surface area contributed by atoms with Crippen molar-refractivity contribution in [3.05, 3.63) is 100 Å². The van der Waals surface area contributed by atoms with E-state index in [1.807, 2.05) is 68.4 Å². The normalized spacial score (nSPS) is 11.7. The van der Waals surface area contributed by atoms with Crippen LogP contribution < -0.4 is 10.1 Å². The summed E-state index contributed by atoms with van der Waals surface area (Å²) in [6.07, 6.45) is 0.0375. The van der Waals surface area contributed by atoms with Crippen LogP contribution in [-0.4, -0.2) is 35.9 Å². The maximum atomic E-state index is 14.5. The summed E-state index contributed by atoms with van der Waals surface area (Å²) in [6.45, 7) is 3.88. The number of carbonyl (C=O) groups is 2. The number of hydrogen-bond acceptors (Lipinski definition) is 3. The maximum Gasteiger partial charge on any atom is 0.243 e. The van der Waals surface area contributed by atoms with Crippen molar-refractivity contribution in [3.8, 4) is 5.75 Å². The first-order valence-electron chi connectivity index (χ1n) is 11.5. The number of carbonyl (C=O) groups excluding carboxylic acids is 2. The first-order chi connectivity index (χ1) is 16.8. The van der Waals surface area contributed by atoms with Gasteiger partial charge in [0.15, 0.2) is 0 Å². The second-order valence-electron chi connectivity index (χ2n) is 8.62. The van der Waals surface area contributed by atoms with Gasteiger partial charge in [0, 0.05) is 29.6 Å². The summed E-state index contributed by atoms with van der Waals surface area (Å²) >= 11 is 6.21. The lowest BCUT2D eigenvalue weighted by Crippen LogP contribution is -2.52. The van der Waals surface area contributed by atoms with Gasteiger partial charge in [-0.1, -0.05) is 60.1 Å². The van der Waals surface area contributed by atoms with Gasteiger partial charge >= 0.3 is 0 Å². The first-order valence-corrected chi connectivity index (χ1v) is 11.9. The lowest BCUT2D eigenvalue weighted by Gasteiger charge is -2.32. The van der Waals surface area contributed by atoms with Crippen LogP contribution in [0.1, 0.15) is 30.5 Å². The summed E-state index contributed by atoms with van der Waals surface area (Å²) in [5.74, 6) is -0.601. The molecule has 3 rings (SSSR count). The Bertz CT molecular complexity index is 1130. The number of nitrogens with one attached hydrogen (secondary N) is 1. The van der Waals surface area contributed by atoms with Crippen LogP contribution in [-0.2, 0) is 29.0 Å². The summed E-state index contributed by atoms with van der Waals surface area (Å²) < 4.78 is 19.9. The largest absolute Gasteiger partial charge is 0.497 e. The molecule has 0 saturated carbocycles. The Kier molecular flexibility index (Phi) is 9.26. The average Bonchev–Trinajstić information content (AvgIpc) is 2.84. The van der Waals surface area contributed by atoms with Crippen LogP contribution in [0.15, 0.2) is 72.8 Å². The fourth-order valence-corrected chi connectivity index (χ4v) is 4.09. The summed E-state index contributed by atoms with van der Waals surface area (Å²) in [5, 5.41) is 3.11. The number of rotatable bonds is 10. The van der Waals surface area contributed by atoms with E-state index in [0.29, 0.717) is 12.2 Å². The summed E-state index contributed by atoms with van der Waals surface area (Å²) in [5.41, 5.74) is 1.80. The van der Waals surface area contributed by atoms with Crippen LogP contribution in [0.25, 0.3) is 0 Å². The number of nitrogens with zero attached hydrogens (tertiary/aromatic N) is 1. The molecular formula is C28H30ClFN2O3. The van der Waals surface area contributed by atoms with E-state index in [0.717, 1.165) is 11.1 Å². The van der Waals surface area contributed by atoms with Crippen molar-refractivity contribution in [1.82, 2.24) is 10.2 Å². The fourth-order valence-electron chi connectivity index (χ4n) is 3.86. The molecule has 0 aromatic heterocycles. The van der Waals surface area contributed by atoms with E-state index in [2.05, 4.69) is 5.32 Å². The van der Waals surface area contributed by atoms with Gasteiger partial charge < -0.3 is 15.0 Å². The molecule has 35 heavy (non-hydrogen) atoms. The van der Waals surface area contributed by atoms with Crippen molar-refractivity contribution in [2.45, 2.75) is 45.3 Å². The number of benzene rings is 3. The SMILES string of the molecule is COc1cccc(CN(C(=O)Cc2c(F)cccc2Cl)[C@H](Cc2ccccc2)C(=O)NC(C)C)c1. The third kappa shape index (κ3) is 7.30. The molecule has 0 bridgehead atoms. The predicted molar refractivity (Wildman–Crippen MR) is 136 cm³/mol. The van der Waals surface area contributed by atoms with E-state index in [-0.39, 0.29) is 35.5 Å². The first kappa shape index (κ1) is 26.2. The molecule has 0 aliphatic rings. The van der Waals surface area contributed by atoms with Gasteiger partial charge in [0.05, 0.1) is 13.5 Å². The van der Waals surface area contributed by atoms with Gasteiger partial charge in [-0.05, 0) is 49.2 Å². The van der Waals surface area contributed by atoms with E-state index < -0.39 is 17.8 Å². The molecule has 0 radical (unpaired) electrons. The van der Waals surface area contributed by atoms with Crippen LogP contribution in [0.3, 0.4) is 0 Å². The van der Waals surface area contributed by atoms with Crippen LogP contribution in [0.5, 0.6) is 5.75 Å². The number of ether oxygens (including phenoxy) is 1. The molecule has 0 saturated heterocycles. The van der Waals surface area contributed by atoms with Gasteiger partial charge in [-0.3, -0.25) is 9.59 Å². The van der Waals surface area contributed by atoms with E-state index in [1.54, 1.807) is 13.2 Å². The van der Waals surface area contributed by atoms with Crippen molar-refractivity contribution < 1.29 is 18.7 Å². The molecule has 3 aromatic rings. The lowest BCUT2D eigenvalue weighted by atomic mass is 10.0. The monoisotopic (exact) mass is 496 g/mol. The van der Waals surface area contributed by atoms with Crippen LogP contribution in [0.4, 0.5) is 4.39 Å². The van der Waals surface area contributed by atoms with Crippen molar-refractivity contribution in [1.29, 1.82) is 0 Å². The maximum absolute atomic E-state index is 14.5. The topological polar surface area (TPSA) is 58.6 Å². The van der Waals surface area contributed by atoms with Gasteiger partial charge in [-0.2, -0.15) is 0 Å². The van der Waals surface area contributed by atoms with Gasteiger partial charge in [0.25, 0.3) is 0 Å². The Balaban J connectivity index is 2.02. The molecule has 1 atom stereocenters. The summed E-state index contributed by atoms with van der Waals surface area (Å²) in [7, 11) is 1.57. The average molecular weight is 497 g/mol. The van der Waals surface area contributed by atoms with Crippen molar-refractivity contribution in [3.63, 3.8) is 0 Å². The Hall–Kier alpha value is -3.38. The quantitative estimate of drug-likeness (QED) is 0.420. The van der Waals surface area contributed by atoms with E-state index >= 15 is 0 Å². The highest BCUT2D eigenvalue weighted by Crippen LogP contribution is 2.23. The molecule has 1 N–H and O–H groups in total. The highest BCUT2D eigenvalue weighted by molar-refractivity contribution is 6.31. The fraction of sp³-hybridized carbons (Fsp3) is 0.286. The molecule has 184 valence electrons. The predicted octanol–water partition coefficient (Wildman–Crippen LogP) is 5.19. The number of hydrogen-bond donors (Lipinski definition) is 1. The zero-order chi connectivity index (χ0) is 25.4. The molecule has 0 spiro atoms. The third-order valence-corrected chi connectivity index (χ3v) is 5.93. The molecular weight excluding hydrogens is 467 g/mol. The lowest BCUT2D eigenvalue weighted by molar-refractivity contribution is -0.141. The molecule has 0 aliphatic heterocycles. The Labute approximate surface area is 210 Å². The van der Waals surface area contributed by atoms with Crippen molar-refractivity contribution in [2.24, 2.45) is 0 Å². The molecule has 7 heteroatoms. The molecule has 0 unspecified atom stereocenters. The zero-order valence-electron chi connectivity index (χ0n) is 20.1. The zero-order valence-corrected chi connectivity index (χ0v) is 20.9. The molecule has 0 aliphatic carbocycles. The third-order valence-electron chi connectivity index (χ3n) is 5.58. The van der Waals surface area contributed by atoms with Gasteiger partial charge in [-0.25, -0.2) is 4.39 Å². The van der Waals surface area contributed by atoms with E-state index in [9.17, 15) is 14.0 Å². The highest BCUT2D eigenvalue weighted by Gasteiger charge is 2.31. The summed E-state index contributed by atoms with van der Waals surface area (Å²) in [6, 6.07) is 20.2. The van der Waals surface area contributed by atoms with Gasteiger partial charge in [0.2, 0.25) is 11.8 Å². The number of methoxy groups -OCH3 is 1. The minimum atomic E-state index is -0.816. The smallest absolute Gasteiger partial charge is 0.243 e. The van der Waals surface area contributed by atoms with Crippen LogP contribution in [0.2, 0.25) is 5.02 Å². The molecule has 5 nitrogen and oxygen atoms in total. The number of halogens is 2. The van der Waals surface area contributed by atoms with Crippen LogP contribution >= 0.6 is 11.6 Å². The Morgan fingerprint density at radius 3 is 2.34 bits per heavy atom. The molecule has 2 amide bonds.